The molecule has 94 valence electrons. The summed E-state index contributed by atoms with van der Waals surface area (Å²) in [5.41, 5.74) is 3.43. The van der Waals surface area contributed by atoms with E-state index in [0.717, 1.165) is 28.1 Å². The monoisotopic (exact) mass is 253 g/mol. The van der Waals surface area contributed by atoms with Crippen LogP contribution in [-0.2, 0) is 0 Å². The van der Waals surface area contributed by atoms with E-state index in [-0.39, 0.29) is 5.75 Å². The quantitative estimate of drug-likeness (QED) is 0.709. The molecule has 2 nitrogen and oxygen atoms in total. The van der Waals surface area contributed by atoms with Gasteiger partial charge in [0.05, 0.1) is 5.52 Å². The van der Waals surface area contributed by atoms with Crippen LogP contribution in [0, 0.1) is 12.7 Å². The second-order valence-electron chi connectivity index (χ2n) is 4.49. The van der Waals surface area contributed by atoms with Crippen LogP contribution in [0.5, 0.6) is 5.75 Å². The maximum atomic E-state index is 13.1. The number of rotatable bonds is 1. The van der Waals surface area contributed by atoms with Gasteiger partial charge in [-0.1, -0.05) is 18.2 Å². The van der Waals surface area contributed by atoms with Gasteiger partial charge in [-0.2, -0.15) is 0 Å². The van der Waals surface area contributed by atoms with Crippen LogP contribution < -0.4 is 0 Å². The summed E-state index contributed by atoms with van der Waals surface area (Å²) in [5.74, 6) is -0.509. The standard InChI is InChI=1S/C16H12FNO/c1-10-4-6-12(14-3-2-8-18-16(10)14)13-7-5-11(17)9-15(13)19/h2-9,19H,1H3. The van der Waals surface area contributed by atoms with Gasteiger partial charge in [0.15, 0.2) is 0 Å². The summed E-state index contributed by atoms with van der Waals surface area (Å²) in [6.07, 6.45) is 1.74. The van der Waals surface area contributed by atoms with Crippen molar-refractivity contribution in [2.75, 3.05) is 0 Å². The van der Waals surface area contributed by atoms with E-state index in [9.17, 15) is 9.50 Å². The lowest BCUT2D eigenvalue weighted by Crippen LogP contribution is -1.88. The number of phenols is 1. The number of aryl methyl sites for hydroxylation is 1. The minimum absolute atomic E-state index is 0.0611. The van der Waals surface area contributed by atoms with Gasteiger partial charge in [-0.15, -0.1) is 0 Å². The van der Waals surface area contributed by atoms with Gasteiger partial charge in [0, 0.05) is 23.2 Å². The predicted molar refractivity (Wildman–Crippen MR) is 73.5 cm³/mol. The van der Waals surface area contributed by atoms with Crippen molar-refractivity contribution in [3.05, 3.63) is 60.0 Å². The zero-order chi connectivity index (χ0) is 13.4. The highest BCUT2D eigenvalue weighted by Gasteiger charge is 2.10. The molecule has 0 amide bonds. The Bertz CT molecular complexity index is 768. The normalized spacial score (nSPS) is 10.8. The number of hydrogen-bond donors (Lipinski definition) is 1. The minimum atomic E-state index is -0.448. The SMILES string of the molecule is Cc1ccc(-c2ccc(F)cc2O)c2cccnc12. The highest BCUT2D eigenvalue weighted by molar-refractivity contribution is 5.97. The smallest absolute Gasteiger partial charge is 0.126 e. The maximum Gasteiger partial charge on any atom is 0.126 e. The third-order valence-corrected chi connectivity index (χ3v) is 3.22. The molecule has 0 aliphatic rings. The Morgan fingerprint density at radius 3 is 2.63 bits per heavy atom. The van der Waals surface area contributed by atoms with E-state index in [2.05, 4.69) is 4.98 Å². The van der Waals surface area contributed by atoms with Crippen LogP contribution in [0.2, 0.25) is 0 Å². The van der Waals surface area contributed by atoms with E-state index >= 15 is 0 Å². The first-order valence-corrected chi connectivity index (χ1v) is 6.00. The summed E-state index contributed by atoms with van der Waals surface area (Å²) >= 11 is 0. The van der Waals surface area contributed by atoms with Gasteiger partial charge in [0.25, 0.3) is 0 Å². The van der Waals surface area contributed by atoms with Crippen LogP contribution in [-0.4, -0.2) is 10.1 Å². The topological polar surface area (TPSA) is 33.1 Å². The van der Waals surface area contributed by atoms with Crippen LogP contribution in [0.25, 0.3) is 22.0 Å². The molecule has 0 aliphatic heterocycles. The molecule has 0 saturated carbocycles. The van der Waals surface area contributed by atoms with E-state index < -0.39 is 5.82 Å². The summed E-state index contributed by atoms with van der Waals surface area (Å²) in [5, 5.41) is 10.9. The van der Waals surface area contributed by atoms with Crippen molar-refractivity contribution in [3.8, 4) is 16.9 Å². The molecule has 3 aromatic rings. The van der Waals surface area contributed by atoms with E-state index in [0.29, 0.717) is 5.56 Å². The maximum absolute atomic E-state index is 13.1. The van der Waals surface area contributed by atoms with Gasteiger partial charge in [-0.3, -0.25) is 4.98 Å². The number of aromatic hydroxyl groups is 1. The second-order valence-corrected chi connectivity index (χ2v) is 4.49. The Kier molecular flexibility index (Phi) is 2.67. The summed E-state index contributed by atoms with van der Waals surface area (Å²) < 4.78 is 13.1. The third-order valence-electron chi connectivity index (χ3n) is 3.22. The Hall–Kier alpha value is -2.42. The number of aromatic nitrogens is 1. The molecule has 2 aromatic carbocycles. The Morgan fingerprint density at radius 2 is 1.84 bits per heavy atom. The fourth-order valence-electron chi connectivity index (χ4n) is 2.28. The summed E-state index contributed by atoms with van der Waals surface area (Å²) in [6, 6.07) is 11.7. The lowest BCUT2D eigenvalue weighted by atomic mass is 9.97. The number of halogens is 1. The molecular formula is C16H12FNO. The second kappa shape index (κ2) is 4.35. The molecule has 0 bridgehead atoms. The fourth-order valence-corrected chi connectivity index (χ4v) is 2.28. The summed E-state index contributed by atoms with van der Waals surface area (Å²) in [7, 11) is 0. The lowest BCUT2D eigenvalue weighted by molar-refractivity contribution is 0.471. The molecule has 0 atom stereocenters. The van der Waals surface area contributed by atoms with Crippen LogP contribution in [0.4, 0.5) is 4.39 Å². The largest absolute Gasteiger partial charge is 0.507 e. The molecule has 1 aromatic heterocycles. The first-order chi connectivity index (χ1) is 9.16. The van der Waals surface area contributed by atoms with Crippen LogP contribution in [0.15, 0.2) is 48.7 Å². The fraction of sp³-hybridized carbons (Fsp3) is 0.0625. The molecule has 0 saturated heterocycles. The minimum Gasteiger partial charge on any atom is -0.507 e. The molecular weight excluding hydrogens is 241 g/mol. The van der Waals surface area contributed by atoms with Crippen molar-refractivity contribution in [1.82, 2.24) is 4.98 Å². The Morgan fingerprint density at radius 1 is 1.05 bits per heavy atom. The van der Waals surface area contributed by atoms with Gasteiger partial charge in [-0.05, 0) is 36.2 Å². The molecule has 0 radical (unpaired) electrons. The third kappa shape index (κ3) is 1.93. The van der Waals surface area contributed by atoms with Gasteiger partial charge in [0.2, 0.25) is 0 Å². The molecule has 0 unspecified atom stereocenters. The summed E-state index contributed by atoms with van der Waals surface area (Å²) in [4.78, 5) is 4.36. The molecule has 3 heteroatoms. The molecule has 1 N–H and O–H groups in total. The number of fused-ring (bicyclic) bond motifs is 1. The average molecular weight is 253 g/mol. The average Bonchev–Trinajstić information content (AvgIpc) is 2.41. The van der Waals surface area contributed by atoms with E-state index in [1.165, 1.54) is 6.07 Å². The zero-order valence-electron chi connectivity index (χ0n) is 10.4. The van der Waals surface area contributed by atoms with Crippen molar-refractivity contribution in [2.24, 2.45) is 0 Å². The number of nitrogens with zero attached hydrogens (tertiary/aromatic N) is 1. The summed E-state index contributed by atoms with van der Waals surface area (Å²) in [6.45, 7) is 1.99. The number of pyridine rings is 1. The van der Waals surface area contributed by atoms with Crippen molar-refractivity contribution in [3.63, 3.8) is 0 Å². The van der Waals surface area contributed by atoms with Gasteiger partial charge in [0.1, 0.15) is 11.6 Å². The van der Waals surface area contributed by atoms with Crippen molar-refractivity contribution < 1.29 is 9.50 Å². The van der Waals surface area contributed by atoms with Crippen LogP contribution in [0.3, 0.4) is 0 Å². The van der Waals surface area contributed by atoms with Crippen LogP contribution in [0.1, 0.15) is 5.56 Å². The number of hydrogen-bond acceptors (Lipinski definition) is 2. The first-order valence-electron chi connectivity index (χ1n) is 6.00. The molecule has 19 heavy (non-hydrogen) atoms. The van der Waals surface area contributed by atoms with Gasteiger partial charge >= 0.3 is 0 Å². The van der Waals surface area contributed by atoms with Crippen LogP contribution >= 0.6 is 0 Å². The highest BCUT2D eigenvalue weighted by atomic mass is 19.1. The number of phenolic OH excluding ortho intramolecular Hbond substituents is 1. The molecule has 0 spiro atoms. The highest BCUT2D eigenvalue weighted by Crippen LogP contribution is 2.35. The first kappa shape index (κ1) is 11.7. The Balaban J connectivity index is 2.34. The molecule has 0 aliphatic carbocycles. The van der Waals surface area contributed by atoms with Crippen molar-refractivity contribution in [2.45, 2.75) is 6.92 Å². The van der Waals surface area contributed by atoms with E-state index in [1.807, 2.05) is 31.2 Å². The predicted octanol–water partition coefficient (Wildman–Crippen LogP) is 4.05. The van der Waals surface area contributed by atoms with Crippen molar-refractivity contribution >= 4 is 10.9 Å². The molecule has 0 fully saturated rings. The number of benzene rings is 2. The molecule has 3 rings (SSSR count). The molecule has 1 heterocycles. The van der Waals surface area contributed by atoms with Gasteiger partial charge in [-0.25, -0.2) is 4.39 Å². The lowest BCUT2D eigenvalue weighted by Gasteiger charge is -2.10. The van der Waals surface area contributed by atoms with Crippen molar-refractivity contribution in [1.29, 1.82) is 0 Å². The van der Waals surface area contributed by atoms with E-state index in [1.54, 1.807) is 12.3 Å². The zero-order valence-corrected chi connectivity index (χ0v) is 10.4. The van der Waals surface area contributed by atoms with E-state index in [4.69, 9.17) is 0 Å². The Labute approximate surface area is 110 Å². The van der Waals surface area contributed by atoms with Gasteiger partial charge < -0.3 is 5.11 Å².